The van der Waals surface area contributed by atoms with Crippen molar-refractivity contribution in [3.63, 3.8) is 0 Å². The van der Waals surface area contributed by atoms with Crippen LogP contribution in [-0.2, 0) is 0 Å². The number of anilines is 1. The van der Waals surface area contributed by atoms with Crippen molar-refractivity contribution in [2.75, 3.05) is 5.73 Å². The molecular weight excluding hydrogens is 300 g/mol. The molecule has 2 aromatic rings. The van der Waals surface area contributed by atoms with Gasteiger partial charge in [0.15, 0.2) is 4.77 Å². The average Bonchev–Trinajstić information content (AvgIpc) is 2.48. The van der Waals surface area contributed by atoms with Crippen molar-refractivity contribution in [1.82, 2.24) is 9.55 Å². The van der Waals surface area contributed by atoms with E-state index in [4.69, 9.17) is 18.0 Å². The lowest BCUT2D eigenvalue weighted by atomic mass is 10.2. The highest BCUT2D eigenvalue weighted by Crippen LogP contribution is 2.23. The number of para-hydroxylation sites is 2. The molecule has 0 aliphatic rings. The molecule has 0 bridgehead atoms. The molecule has 0 radical (unpaired) electrons. The number of H-pyrrole nitrogens is 1. The summed E-state index contributed by atoms with van der Waals surface area (Å²) in [5.74, 6) is -0.193. The molecule has 0 aliphatic heterocycles. The molecule has 7 heteroatoms. The third-order valence-corrected chi connectivity index (χ3v) is 3.75. The van der Waals surface area contributed by atoms with E-state index in [1.165, 1.54) is 10.8 Å². The van der Waals surface area contributed by atoms with Crippen LogP contribution >= 0.6 is 12.2 Å². The summed E-state index contributed by atoms with van der Waals surface area (Å²) in [5.41, 5.74) is 6.38. The van der Waals surface area contributed by atoms with Gasteiger partial charge >= 0.3 is 0 Å². The summed E-state index contributed by atoms with van der Waals surface area (Å²) < 4.78 is 1.69. The average molecular weight is 318 g/mol. The molecule has 1 heterocycles. The molecule has 4 N–H and O–H groups in total. The Morgan fingerprint density at radius 1 is 1.50 bits per heavy atom. The molecule has 6 nitrogen and oxygen atoms in total. The molecular formula is C15H18N4O2S. The van der Waals surface area contributed by atoms with Crippen LogP contribution in [0.4, 0.5) is 11.4 Å². The van der Waals surface area contributed by atoms with Crippen molar-refractivity contribution in [2.24, 2.45) is 4.99 Å². The molecule has 0 unspecified atom stereocenters. The van der Waals surface area contributed by atoms with Crippen LogP contribution in [0.5, 0.6) is 5.88 Å². The fourth-order valence-corrected chi connectivity index (χ4v) is 2.36. The second-order valence-electron chi connectivity index (χ2n) is 4.94. The van der Waals surface area contributed by atoms with Crippen molar-refractivity contribution in [3.05, 3.63) is 45.0 Å². The number of hydrogen-bond donors (Lipinski definition) is 3. The van der Waals surface area contributed by atoms with Crippen LogP contribution in [0, 0.1) is 4.77 Å². The number of rotatable bonds is 4. The van der Waals surface area contributed by atoms with Crippen LogP contribution < -0.4 is 11.3 Å². The van der Waals surface area contributed by atoms with Crippen LogP contribution in [0.15, 0.2) is 34.1 Å². The molecule has 0 aliphatic carbocycles. The predicted octanol–water partition coefficient (Wildman–Crippen LogP) is 2.92. The van der Waals surface area contributed by atoms with Crippen molar-refractivity contribution in [3.8, 4) is 5.88 Å². The first-order valence-electron chi connectivity index (χ1n) is 6.92. The third-order valence-electron chi connectivity index (χ3n) is 3.45. The molecule has 1 aromatic heterocycles. The number of aromatic amines is 1. The zero-order valence-electron chi connectivity index (χ0n) is 12.4. The van der Waals surface area contributed by atoms with E-state index in [0.29, 0.717) is 11.4 Å². The molecule has 1 aromatic carbocycles. The number of aliphatic imine (C=N–C) groups is 1. The van der Waals surface area contributed by atoms with Crippen molar-refractivity contribution in [2.45, 2.75) is 26.3 Å². The van der Waals surface area contributed by atoms with Crippen LogP contribution in [0.1, 0.15) is 31.9 Å². The first kappa shape index (κ1) is 16.0. The maximum absolute atomic E-state index is 12.0. The summed E-state index contributed by atoms with van der Waals surface area (Å²) in [6.07, 6.45) is 2.06. The minimum atomic E-state index is -0.486. The smallest absolute Gasteiger partial charge is 0.264 e. The van der Waals surface area contributed by atoms with Crippen LogP contribution in [0.2, 0.25) is 0 Å². The van der Waals surface area contributed by atoms with Gasteiger partial charge in [-0.3, -0.25) is 19.3 Å². The summed E-state index contributed by atoms with van der Waals surface area (Å²) in [6.45, 7) is 3.87. The van der Waals surface area contributed by atoms with E-state index in [9.17, 15) is 9.90 Å². The van der Waals surface area contributed by atoms with E-state index in [-0.39, 0.29) is 22.3 Å². The number of hydrogen-bond acceptors (Lipinski definition) is 5. The molecule has 0 saturated carbocycles. The van der Waals surface area contributed by atoms with Gasteiger partial charge in [0.05, 0.1) is 11.4 Å². The maximum atomic E-state index is 12.0. The Balaban J connectivity index is 2.55. The van der Waals surface area contributed by atoms with E-state index in [0.717, 1.165) is 6.42 Å². The monoisotopic (exact) mass is 318 g/mol. The van der Waals surface area contributed by atoms with Gasteiger partial charge in [-0.15, -0.1) is 0 Å². The molecule has 22 heavy (non-hydrogen) atoms. The largest absolute Gasteiger partial charge is 0.494 e. The molecule has 0 saturated heterocycles. The van der Waals surface area contributed by atoms with Gasteiger partial charge in [-0.1, -0.05) is 19.1 Å². The van der Waals surface area contributed by atoms with Gasteiger partial charge in [0.25, 0.3) is 5.56 Å². The number of nitrogens with two attached hydrogens (primary N) is 1. The zero-order valence-corrected chi connectivity index (χ0v) is 13.2. The molecule has 0 amide bonds. The fourth-order valence-electron chi connectivity index (χ4n) is 2.00. The number of aromatic nitrogens is 2. The summed E-state index contributed by atoms with van der Waals surface area (Å²) in [5, 5.41) is 10.4. The SMILES string of the molecule is CC[C@H](C)n1c(O)c(C=Nc2ccccc2N)c(=O)[nH]c1=S. The highest BCUT2D eigenvalue weighted by atomic mass is 32.1. The van der Waals surface area contributed by atoms with Crippen LogP contribution in [0.3, 0.4) is 0 Å². The lowest BCUT2D eigenvalue weighted by Crippen LogP contribution is -2.20. The Morgan fingerprint density at radius 3 is 2.82 bits per heavy atom. The molecule has 0 spiro atoms. The van der Waals surface area contributed by atoms with E-state index in [1.54, 1.807) is 24.3 Å². The summed E-state index contributed by atoms with van der Waals surface area (Å²) in [6, 6.07) is 6.97. The van der Waals surface area contributed by atoms with Gasteiger partial charge in [-0.25, -0.2) is 0 Å². The Hall–Kier alpha value is -2.41. The molecule has 116 valence electrons. The quantitative estimate of drug-likeness (QED) is 0.459. The Labute approximate surface area is 133 Å². The van der Waals surface area contributed by atoms with Crippen molar-refractivity contribution < 1.29 is 5.11 Å². The molecule has 2 rings (SSSR count). The number of aromatic hydroxyl groups is 1. The van der Waals surface area contributed by atoms with Crippen molar-refractivity contribution >= 4 is 29.8 Å². The van der Waals surface area contributed by atoms with E-state index in [2.05, 4.69) is 9.98 Å². The Bertz CT molecular complexity index is 823. The lowest BCUT2D eigenvalue weighted by molar-refractivity contribution is 0.371. The summed E-state index contributed by atoms with van der Waals surface area (Å²) in [7, 11) is 0. The van der Waals surface area contributed by atoms with Gasteiger partial charge in [-0.2, -0.15) is 0 Å². The zero-order chi connectivity index (χ0) is 16.3. The van der Waals surface area contributed by atoms with E-state index < -0.39 is 5.56 Å². The standard InChI is InChI=1S/C15H18N4O2S/c1-3-9(2)19-14(21)10(13(20)18-15(19)22)8-17-12-7-5-4-6-11(12)16/h4-9,21H,3,16H2,1-2H3,(H,18,20,22)/t9-/m0/s1. The Kier molecular flexibility index (Phi) is 4.77. The summed E-state index contributed by atoms with van der Waals surface area (Å²) >= 11 is 5.11. The van der Waals surface area contributed by atoms with Crippen molar-refractivity contribution in [1.29, 1.82) is 0 Å². The van der Waals surface area contributed by atoms with Crippen LogP contribution in [-0.4, -0.2) is 20.9 Å². The lowest BCUT2D eigenvalue weighted by Gasteiger charge is -2.16. The number of benzene rings is 1. The number of nitrogen functional groups attached to an aromatic ring is 1. The van der Waals surface area contributed by atoms with Gasteiger partial charge in [0.2, 0.25) is 5.88 Å². The first-order chi connectivity index (χ1) is 10.5. The normalized spacial score (nSPS) is 12.6. The highest BCUT2D eigenvalue weighted by Gasteiger charge is 2.14. The first-order valence-corrected chi connectivity index (χ1v) is 7.32. The highest BCUT2D eigenvalue weighted by molar-refractivity contribution is 7.71. The number of nitrogens with zero attached hydrogens (tertiary/aromatic N) is 2. The van der Waals surface area contributed by atoms with Gasteiger partial charge in [0, 0.05) is 12.3 Å². The molecule has 0 fully saturated rings. The third kappa shape index (κ3) is 3.09. The Morgan fingerprint density at radius 2 is 2.18 bits per heavy atom. The van der Waals surface area contributed by atoms with E-state index >= 15 is 0 Å². The van der Waals surface area contributed by atoms with Crippen LogP contribution in [0.25, 0.3) is 0 Å². The topological polar surface area (TPSA) is 96.4 Å². The predicted molar refractivity (Wildman–Crippen MR) is 90.7 cm³/mol. The minimum absolute atomic E-state index is 0.0432. The van der Waals surface area contributed by atoms with Gasteiger partial charge < -0.3 is 10.8 Å². The second-order valence-corrected chi connectivity index (χ2v) is 5.33. The second kappa shape index (κ2) is 6.57. The maximum Gasteiger partial charge on any atom is 0.264 e. The minimum Gasteiger partial charge on any atom is -0.494 e. The summed E-state index contributed by atoms with van der Waals surface area (Å²) in [4.78, 5) is 18.7. The number of nitrogens with one attached hydrogen (secondary N) is 1. The van der Waals surface area contributed by atoms with Gasteiger partial charge in [-0.05, 0) is 37.7 Å². The van der Waals surface area contributed by atoms with Gasteiger partial charge in [0.1, 0.15) is 5.56 Å². The fraction of sp³-hybridized carbons (Fsp3) is 0.267. The van der Waals surface area contributed by atoms with E-state index in [1.807, 2.05) is 13.8 Å². The molecule has 1 atom stereocenters.